The lowest BCUT2D eigenvalue weighted by Crippen LogP contribution is -2.25. The predicted molar refractivity (Wildman–Crippen MR) is 143 cm³/mol. The number of carboxylic acid groups (broad SMARTS) is 1. The molecule has 3 heterocycles. The second kappa shape index (κ2) is 11.7. The van der Waals surface area contributed by atoms with Gasteiger partial charge in [0.2, 0.25) is 0 Å². The summed E-state index contributed by atoms with van der Waals surface area (Å²) in [4.78, 5) is 15.0. The summed E-state index contributed by atoms with van der Waals surface area (Å²) in [5, 5.41) is 13.2. The zero-order valence-corrected chi connectivity index (χ0v) is 24.0. The second-order valence-corrected chi connectivity index (χ2v) is 11.5. The minimum atomic E-state index is -4.76. The largest absolute Gasteiger partial charge is 0.586 e. The van der Waals surface area contributed by atoms with Gasteiger partial charge in [0, 0.05) is 11.6 Å². The fraction of sp³-hybridized carbons (Fsp3) is 0.500. The summed E-state index contributed by atoms with van der Waals surface area (Å²) in [5.41, 5.74) is -0.540. The Morgan fingerprint density at radius 2 is 1.87 bits per heavy atom. The van der Waals surface area contributed by atoms with Crippen LogP contribution in [-0.2, 0) is 22.1 Å². The molecule has 1 aromatic carbocycles. The number of aliphatic carboxylic acids is 1. The molecule has 2 aliphatic carbocycles. The Hall–Kier alpha value is -4.01. The van der Waals surface area contributed by atoms with Gasteiger partial charge in [0.1, 0.15) is 6.10 Å². The van der Waals surface area contributed by atoms with E-state index in [1.54, 1.807) is 0 Å². The molecule has 1 aliphatic heterocycles. The Morgan fingerprint density at radius 1 is 1.13 bits per heavy atom. The number of benzene rings is 1. The maximum atomic E-state index is 14.8. The van der Waals surface area contributed by atoms with Crippen molar-refractivity contribution in [3.63, 3.8) is 0 Å². The number of aromatic nitrogens is 3. The van der Waals surface area contributed by atoms with Crippen molar-refractivity contribution in [2.45, 2.75) is 76.5 Å². The van der Waals surface area contributed by atoms with Crippen LogP contribution in [0.2, 0.25) is 0 Å². The van der Waals surface area contributed by atoms with Crippen LogP contribution >= 0.6 is 0 Å². The smallest absolute Gasteiger partial charge is 0.481 e. The zero-order chi connectivity index (χ0) is 32.1. The van der Waals surface area contributed by atoms with Crippen molar-refractivity contribution in [3.05, 3.63) is 58.9 Å². The molecule has 1 fully saturated rings. The average Bonchev–Trinajstić information content (AvgIpc) is 3.54. The van der Waals surface area contributed by atoms with Crippen LogP contribution in [0.5, 0.6) is 17.2 Å². The van der Waals surface area contributed by atoms with E-state index in [0.717, 1.165) is 10.9 Å². The van der Waals surface area contributed by atoms with Gasteiger partial charge in [-0.2, -0.15) is 22.7 Å². The minimum absolute atomic E-state index is 0.00754. The average molecular weight is 642 g/mol. The summed E-state index contributed by atoms with van der Waals surface area (Å²) in [6.45, 7) is 1.77. The quantitative estimate of drug-likeness (QED) is 0.204. The summed E-state index contributed by atoms with van der Waals surface area (Å²) < 4.78 is 106. The first kappa shape index (κ1) is 31.0. The molecule has 0 saturated heterocycles. The Labute approximate surface area is 253 Å². The van der Waals surface area contributed by atoms with Crippen LogP contribution in [0.15, 0.2) is 30.5 Å². The standard InChI is InChI=1S/C30H29F6N3O6/c1-15(18-9-10-21-23(11-18)45-30(35,36)44-21)43-24-12-19(13-37-27(24)31)39-25-20(26(38-39)29(32,33)34)3-2-4-22(25)42-14-16-5-7-17(8-6-16)28(40)41/h9-13,15-17,22H,2-8,14H2,1H3,(H,40,41)/t15-,16?,17?,22+/m0/s1. The molecule has 2 aromatic heterocycles. The van der Waals surface area contributed by atoms with E-state index in [1.807, 2.05) is 0 Å². The van der Waals surface area contributed by atoms with Gasteiger partial charge in [0.25, 0.3) is 5.95 Å². The summed E-state index contributed by atoms with van der Waals surface area (Å²) >= 11 is 0. The number of halogens is 6. The molecule has 1 N–H and O–H groups in total. The highest BCUT2D eigenvalue weighted by atomic mass is 19.4. The molecule has 242 valence electrons. The summed E-state index contributed by atoms with van der Waals surface area (Å²) in [6, 6.07) is 5.11. The van der Waals surface area contributed by atoms with Crippen molar-refractivity contribution in [2.24, 2.45) is 11.8 Å². The van der Waals surface area contributed by atoms with E-state index < -0.39 is 54.0 Å². The number of hydrogen-bond donors (Lipinski definition) is 1. The van der Waals surface area contributed by atoms with E-state index in [2.05, 4.69) is 19.6 Å². The summed E-state index contributed by atoms with van der Waals surface area (Å²) in [7, 11) is 0. The highest BCUT2D eigenvalue weighted by molar-refractivity contribution is 5.70. The number of carboxylic acids is 1. The van der Waals surface area contributed by atoms with Gasteiger partial charge in [-0.15, -0.1) is 8.78 Å². The van der Waals surface area contributed by atoms with Gasteiger partial charge in [-0.1, -0.05) is 6.07 Å². The van der Waals surface area contributed by atoms with Gasteiger partial charge in [0.15, 0.2) is 22.9 Å². The van der Waals surface area contributed by atoms with Crippen molar-refractivity contribution in [2.75, 3.05) is 6.61 Å². The van der Waals surface area contributed by atoms with E-state index in [1.165, 1.54) is 31.2 Å². The van der Waals surface area contributed by atoms with Crippen LogP contribution in [0.3, 0.4) is 0 Å². The highest BCUT2D eigenvalue weighted by Crippen LogP contribution is 2.44. The van der Waals surface area contributed by atoms with E-state index >= 15 is 0 Å². The van der Waals surface area contributed by atoms with Crippen molar-refractivity contribution in [1.29, 1.82) is 0 Å². The predicted octanol–water partition coefficient (Wildman–Crippen LogP) is 7.17. The zero-order valence-electron chi connectivity index (χ0n) is 24.0. The van der Waals surface area contributed by atoms with E-state index in [-0.39, 0.29) is 47.4 Å². The van der Waals surface area contributed by atoms with Crippen molar-refractivity contribution in [3.8, 4) is 22.9 Å². The molecule has 3 aromatic rings. The molecule has 0 unspecified atom stereocenters. The lowest BCUT2D eigenvalue weighted by Gasteiger charge is -2.30. The lowest BCUT2D eigenvalue weighted by atomic mass is 9.82. The Morgan fingerprint density at radius 3 is 2.58 bits per heavy atom. The van der Waals surface area contributed by atoms with Crippen LogP contribution in [0, 0.1) is 17.8 Å². The Balaban J connectivity index is 1.26. The maximum absolute atomic E-state index is 14.8. The number of carbonyl (C=O) groups is 1. The Kier molecular flexibility index (Phi) is 8.08. The fourth-order valence-electron chi connectivity index (χ4n) is 6.15. The number of fused-ring (bicyclic) bond motifs is 2. The summed E-state index contributed by atoms with van der Waals surface area (Å²) in [5.74, 6) is -3.02. The molecule has 2 atom stereocenters. The fourth-order valence-corrected chi connectivity index (χ4v) is 6.15. The monoisotopic (exact) mass is 641 g/mol. The molecule has 0 bridgehead atoms. The first-order valence-corrected chi connectivity index (χ1v) is 14.5. The summed E-state index contributed by atoms with van der Waals surface area (Å²) in [6.07, 6.45) is -5.92. The van der Waals surface area contributed by atoms with Crippen LogP contribution in [0.1, 0.15) is 80.2 Å². The van der Waals surface area contributed by atoms with Gasteiger partial charge >= 0.3 is 18.4 Å². The van der Waals surface area contributed by atoms with Gasteiger partial charge in [-0.05, 0) is 75.5 Å². The van der Waals surface area contributed by atoms with Crippen molar-refractivity contribution < 1.29 is 55.2 Å². The normalized spacial score (nSPS) is 23.0. The molecule has 0 amide bonds. The second-order valence-electron chi connectivity index (χ2n) is 11.5. The van der Waals surface area contributed by atoms with E-state index in [9.17, 15) is 36.2 Å². The molecule has 15 heteroatoms. The number of ether oxygens (including phenoxy) is 4. The van der Waals surface area contributed by atoms with E-state index in [0.29, 0.717) is 44.1 Å². The van der Waals surface area contributed by atoms with Gasteiger partial charge in [-0.25, -0.2) is 9.67 Å². The van der Waals surface area contributed by atoms with Crippen LogP contribution in [0.25, 0.3) is 5.69 Å². The molecule has 9 nitrogen and oxygen atoms in total. The third-order valence-corrected chi connectivity index (χ3v) is 8.45. The third-order valence-electron chi connectivity index (χ3n) is 8.45. The molecule has 0 radical (unpaired) electrons. The van der Waals surface area contributed by atoms with Gasteiger partial charge in [0.05, 0.1) is 36.2 Å². The minimum Gasteiger partial charge on any atom is -0.481 e. The molecule has 3 aliphatic rings. The molecular weight excluding hydrogens is 612 g/mol. The highest BCUT2D eigenvalue weighted by Gasteiger charge is 2.44. The molecule has 1 saturated carbocycles. The number of pyridine rings is 1. The number of rotatable bonds is 8. The van der Waals surface area contributed by atoms with Crippen molar-refractivity contribution >= 4 is 5.97 Å². The van der Waals surface area contributed by atoms with Crippen molar-refractivity contribution in [1.82, 2.24) is 14.8 Å². The molecule has 45 heavy (non-hydrogen) atoms. The number of hydrogen-bond acceptors (Lipinski definition) is 7. The number of nitrogens with zero attached hydrogens (tertiary/aromatic N) is 3. The third kappa shape index (κ3) is 6.40. The molecule has 0 spiro atoms. The first-order valence-electron chi connectivity index (χ1n) is 14.5. The van der Waals surface area contributed by atoms with Gasteiger partial charge < -0.3 is 24.1 Å². The SMILES string of the molecule is C[C@H](Oc1cc(-n2nc(C(F)(F)F)c3c2[C@H](OCC2CCC(C(=O)O)CC2)CCC3)cnc1F)c1ccc2c(c1)OC(F)(F)O2. The van der Waals surface area contributed by atoms with Crippen LogP contribution in [0.4, 0.5) is 26.3 Å². The maximum Gasteiger partial charge on any atom is 0.586 e. The Bertz CT molecular complexity index is 1590. The van der Waals surface area contributed by atoms with E-state index in [4.69, 9.17) is 9.47 Å². The first-order chi connectivity index (χ1) is 21.3. The van der Waals surface area contributed by atoms with Gasteiger partial charge in [-0.3, -0.25) is 4.79 Å². The lowest BCUT2D eigenvalue weighted by molar-refractivity contribution is -0.286. The molecular formula is C30H29F6N3O6. The van der Waals surface area contributed by atoms with Crippen LogP contribution < -0.4 is 14.2 Å². The topological polar surface area (TPSA) is 105 Å². The molecule has 6 rings (SSSR count). The van der Waals surface area contributed by atoms with Crippen LogP contribution in [-0.4, -0.2) is 38.7 Å². The number of alkyl halides is 5.